The molecule has 0 aromatic rings. The summed E-state index contributed by atoms with van der Waals surface area (Å²) in [5.74, 6) is 1.05. The van der Waals surface area contributed by atoms with Crippen LogP contribution in [0.25, 0.3) is 0 Å². The van der Waals surface area contributed by atoms with Crippen LogP contribution >= 0.6 is 7.60 Å². The van der Waals surface area contributed by atoms with E-state index in [1.54, 1.807) is 13.8 Å². The fourth-order valence-electron chi connectivity index (χ4n) is 0.301. The van der Waals surface area contributed by atoms with Gasteiger partial charge in [0.25, 0.3) is 0 Å². The average Bonchev–Trinajstić information content (AvgIpc) is 1.63. The quantitative estimate of drug-likeness (QED) is 0.352. The maximum absolute atomic E-state index is 10.3. The summed E-state index contributed by atoms with van der Waals surface area (Å²) in [6.07, 6.45) is -0.451. The fraction of sp³-hybridized carbons (Fsp3) is 0.750. The van der Waals surface area contributed by atoms with Crippen molar-refractivity contribution in [3.05, 3.63) is 0 Å². The molecule has 0 saturated heterocycles. The normalized spacial score (nSPS) is 15.1. The van der Waals surface area contributed by atoms with E-state index in [0.29, 0.717) is 0 Å². The number of nitrogens with zero attached hydrogens (tertiary/aromatic N) is 1. The van der Waals surface area contributed by atoms with Crippen LogP contribution in [0.1, 0.15) is 13.8 Å². The average molecular weight is 187 g/mol. The van der Waals surface area contributed by atoms with E-state index in [9.17, 15) is 9.46 Å². The van der Waals surface area contributed by atoms with E-state index >= 15 is 0 Å². The van der Waals surface area contributed by atoms with Crippen molar-refractivity contribution in [3.63, 3.8) is 0 Å². The maximum Gasteiger partial charge on any atom is 1.00 e. The van der Waals surface area contributed by atoms with Gasteiger partial charge >= 0.3 is 51.4 Å². The standard InChI is InChI=1S/C4H8NO3P.K/c1-4(2)8-9(6,7)3-5;/h4H,1-2H3,(H,6,7);/q;+1/p-1. The summed E-state index contributed by atoms with van der Waals surface area (Å²) in [6.45, 7) is 3.09. The van der Waals surface area contributed by atoms with Gasteiger partial charge in [0, 0.05) is 0 Å². The molecule has 0 radical (unpaired) electrons. The van der Waals surface area contributed by atoms with Gasteiger partial charge in [-0.25, -0.2) is 0 Å². The third-order valence-electron chi connectivity index (χ3n) is 0.472. The summed E-state index contributed by atoms with van der Waals surface area (Å²) < 4.78 is 14.5. The minimum absolute atomic E-state index is 0. The molecule has 1 atom stereocenters. The number of rotatable bonds is 2. The fourth-order valence-corrected chi connectivity index (χ4v) is 0.903. The summed E-state index contributed by atoms with van der Waals surface area (Å²) in [5.41, 5.74) is 0. The summed E-state index contributed by atoms with van der Waals surface area (Å²) >= 11 is 0. The molecule has 0 bridgehead atoms. The van der Waals surface area contributed by atoms with Gasteiger partial charge in [-0.3, -0.25) is 4.57 Å². The molecule has 0 aliphatic carbocycles. The Labute approximate surface area is 103 Å². The van der Waals surface area contributed by atoms with Gasteiger partial charge in [0.2, 0.25) is 7.60 Å². The largest absolute Gasteiger partial charge is 1.00 e. The Kier molecular flexibility index (Phi) is 8.12. The molecule has 10 heavy (non-hydrogen) atoms. The molecule has 0 aromatic heterocycles. The summed E-state index contributed by atoms with van der Waals surface area (Å²) in [7, 11) is -4.17. The predicted octanol–water partition coefficient (Wildman–Crippen LogP) is -2.55. The van der Waals surface area contributed by atoms with Crippen molar-refractivity contribution >= 4 is 7.60 Å². The van der Waals surface area contributed by atoms with Gasteiger partial charge in [-0.1, -0.05) is 0 Å². The molecule has 0 saturated carbocycles. The van der Waals surface area contributed by atoms with Crippen molar-refractivity contribution in [1.82, 2.24) is 0 Å². The Morgan fingerprint density at radius 2 is 2.10 bits per heavy atom. The van der Waals surface area contributed by atoms with Crippen LogP contribution in [0.4, 0.5) is 0 Å². The summed E-state index contributed by atoms with van der Waals surface area (Å²) in [4.78, 5) is 10.3. The monoisotopic (exact) mass is 187 g/mol. The van der Waals surface area contributed by atoms with Crippen LogP contribution in [0.5, 0.6) is 0 Å². The first kappa shape index (κ1) is 13.8. The molecule has 0 aliphatic heterocycles. The first-order valence-electron chi connectivity index (χ1n) is 2.39. The second-order valence-electron chi connectivity index (χ2n) is 1.75. The molecule has 52 valence electrons. The van der Waals surface area contributed by atoms with Crippen LogP contribution in [0.3, 0.4) is 0 Å². The van der Waals surface area contributed by atoms with Gasteiger partial charge in [-0.05, 0) is 13.8 Å². The second-order valence-corrected chi connectivity index (χ2v) is 3.16. The zero-order chi connectivity index (χ0) is 7.49. The van der Waals surface area contributed by atoms with Crippen molar-refractivity contribution in [2.75, 3.05) is 0 Å². The van der Waals surface area contributed by atoms with Crippen LogP contribution in [0, 0.1) is 11.1 Å². The summed E-state index contributed by atoms with van der Waals surface area (Å²) in [6, 6.07) is 0. The Morgan fingerprint density at radius 3 is 2.20 bits per heavy atom. The molecular weight excluding hydrogens is 180 g/mol. The molecular formula is C4H7KNO3P. The van der Waals surface area contributed by atoms with E-state index in [-0.39, 0.29) is 51.4 Å². The molecule has 0 aromatic carbocycles. The first-order chi connectivity index (χ1) is 3.98. The molecule has 0 N–H and O–H groups in total. The minimum Gasteiger partial charge on any atom is -0.767 e. The van der Waals surface area contributed by atoms with E-state index in [2.05, 4.69) is 4.52 Å². The first-order valence-corrected chi connectivity index (χ1v) is 3.93. The molecule has 0 fully saturated rings. The van der Waals surface area contributed by atoms with Crippen molar-refractivity contribution in [2.24, 2.45) is 0 Å². The van der Waals surface area contributed by atoms with Crippen molar-refractivity contribution in [3.8, 4) is 5.81 Å². The Bertz CT molecular complexity index is 176. The molecule has 0 spiro atoms. The smallest absolute Gasteiger partial charge is 0.767 e. The van der Waals surface area contributed by atoms with Gasteiger partial charge in [-0.15, -0.1) is 0 Å². The number of nitriles is 1. The Balaban J connectivity index is 0. The van der Waals surface area contributed by atoms with Crippen LogP contribution < -0.4 is 56.3 Å². The topological polar surface area (TPSA) is 73.2 Å². The van der Waals surface area contributed by atoms with Crippen LogP contribution in [-0.4, -0.2) is 6.10 Å². The van der Waals surface area contributed by atoms with Crippen LogP contribution in [-0.2, 0) is 9.09 Å². The molecule has 1 unspecified atom stereocenters. The molecule has 0 amide bonds. The minimum atomic E-state index is -4.17. The maximum atomic E-state index is 10.3. The molecule has 0 aliphatic rings. The van der Waals surface area contributed by atoms with E-state index in [4.69, 9.17) is 5.26 Å². The Morgan fingerprint density at radius 1 is 1.70 bits per heavy atom. The van der Waals surface area contributed by atoms with Crippen molar-refractivity contribution < 1.29 is 65.4 Å². The third kappa shape index (κ3) is 7.38. The van der Waals surface area contributed by atoms with Crippen molar-refractivity contribution in [2.45, 2.75) is 20.0 Å². The van der Waals surface area contributed by atoms with Crippen molar-refractivity contribution in [1.29, 1.82) is 5.26 Å². The molecule has 6 heteroatoms. The second kappa shape index (κ2) is 5.87. The van der Waals surface area contributed by atoms with Gasteiger partial charge in [0.15, 0.2) is 0 Å². The summed E-state index contributed by atoms with van der Waals surface area (Å²) in [5, 5.41) is 7.89. The Hall–Kier alpha value is 1.28. The van der Waals surface area contributed by atoms with Gasteiger partial charge in [-0.2, -0.15) is 5.26 Å². The molecule has 4 nitrogen and oxygen atoms in total. The molecule has 0 heterocycles. The SMILES string of the molecule is CC(C)OP(=O)([O-])C#N.[K+]. The van der Waals surface area contributed by atoms with E-state index in [1.807, 2.05) is 0 Å². The third-order valence-corrected chi connectivity index (χ3v) is 1.42. The van der Waals surface area contributed by atoms with Gasteiger partial charge in [0.05, 0.1) is 6.10 Å². The zero-order valence-corrected chi connectivity index (χ0v) is 10.2. The van der Waals surface area contributed by atoms with Gasteiger partial charge < -0.3 is 9.42 Å². The van der Waals surface area contributed by atoms with E-state index in [0.717, 1.165) is 5.81 Å². The van der Waals surface area contributed by atoms with Gasteiger partial charge in [0.1, 0.15) is 5.81 Å². The van der Waals surface area contributed by atoms with Crippen LogP contribution in [0.15, 0.2) is 0 Å². The number of hydrogen-bond acceptors (Lipinski definition) is 4. The number of hydrogen-bond donors (Lipinski definition) is 0. The zero-order valence-electron chi connectivity index (χ0n) is 6.20. The van der Waals surface area contributed by atoms with Crippen LogP contribution in [0.2, 0.25) is 0 Å². The van der Waals surface area contributed by atoms with E-state index in [1.165, 1.54) is 0 Å². The predicted molar refractivity (Wildman–Crippen MR) is 29.4 cm³/mol. The molecule has 0 rings (SSSR count). The van der Waals surface area contributed by atoms with E-state index < -0.39 is 13.7 Å².